The van der Waals surface area contributed by atoms with Crippen LogP contribution in [-0.4, -0.2) is 31.8 Å². The average molecular weight is 220 g/mol. The fourth-order valence-corrected chi connectivity index (χ4v) is 1.66. The highest BCUT2D eigenvalue weighted by atomic mass is 16.5. The van der Waals surface area contributed by atoms with E-state index in [0.29, 0.717) is 18.3 Å². The van der Waals surface area contributed by atoms with Crippen LogP contribution in [0.1, 0.15) is 16.8 Å². The monoisotopic (exact) mass is 220 g/mol. The molecule has 2 rings (SSSR count). The first kappa shape index (κ1) is 11.1. The Morgan fingerprint density at radius 2 is 2.19 bits per heavy atom. The molecule has 1 fully saturated rings. The van der Waals surface area contributed by atoms with Gasteiger partial charge in [0.05, 0.1) is 13.3 Å². The summed E-state index contributed by atoms with van der Waals surface area (Å²) in [6, 6.07) is 9.57. The molecule has 0 radical (unpaired) electrons. The summed E-state index contributed by atoms with van der Waals surface area (Å²) in [7, 11) is 0. The second kappa shape index (κ2) is 5.63. The van der Waals surface area contributed by atoms with E-state index >= 15 is 0 Å². The molecule has 0 bridgehead atoms. The molecule has 4 heteroatoms. The molecular formula is C12H16N2O2. The first-order valence-electron chi connectivity index (χ1n) is 5.50. The van der Waals surface area contributed by atoms with Crippen molar-refractivity contribution in [1.82, 2.24) is 10.6 Å². The van der Waals surface area contributed by atoms with Gasteiger partial charge in [-0.1, -0.05) is 18.2 Å². The number of rotatable bonds is 4. The largest absolute Gasteiger partial charge is 0.380 e. The van der Waals surface area contributed by atoms with E-state index in [2.05, 4.69) is 10.6 Å². The van der Waals surface area contributed by atoms with Gasteiger partial charge in [0, 0.05) is 18.2 Å². The lowest BCUT2D eigenvalue weighted by atomic mass is 10.2. The molecule has 16 heavy (non-hydrogen) atoms. The van der Waals surface area contributed by atoms with Crippen LogP contribution in [0.25, 0.3) is 0 Å². The second-order valence-electron chi connectivity index (χ2n) is 3.81. The van der Waals surface area contributed by atoms with Crippen LogP contribution in [0, 0.1) is 0 Å². The Balaban J connectivity index is 1.71. The Bertz CT molecular complexity index is 334. The van der Waals surface area contributed by atoms with Gasteiger partial charge in [0.25, 0.3) is 5.91 Å². The summed E-state index contributed by atoms with van der Waals surface area (Å²) >= 11 is 0. The molecule has 2 N–H and O–H groups in total. The van der Waals surface area contributed by atoms with Gasteiger partial charge in [-0.3, -0.25) is 10.1 Å². The maximum Gasteiger partial charge on any atom is 0.252 e. The molecule has 1 heterocycles. The molecule has 1 saturated heterocycles. The molecule has 0 aromatic heterocycles. The van der Waals surface area contributed by atoms with Crippen LogP contribution in [0.3, 0.4) is 0 Å². The van der Waals surface area contributed by atoms with Crippen LogP contribution in [-0.2, 0) is 4.74 Å². The van der Waals surface area contributed by atoms with Gasteiger partial charge in [0.1, 0.15) is 0 Å². The van der Waals surface area contributed by atoms with Gasteiger partial charge in [-0.05, 0) is 18.6 Å². The van der Waals surface area contributed by atoms with Gasteiger partial charge in [-0.15, -0.1) is 0 Å². The van der Waals surface area contributed by atoms with Gasteiger partial charge in [0.2, 0.25) is 0 Å². The minimum atomic E-state index is -0.0491. The van der Waals surface area contributed by atoms with Crippen molar-refractivity contribution < 1.29 is 9.53 Å². The molecule has 1 aromatic carbocycles. The SMILES string of the molecule is O=C(NCN[C@H]1CCOC1)c1ccccc1. The predicted molar refractivity (Wildman–Crippen MR) is 61.1 cm³/mol. The normalized spacial score (nSPS) is 19.6. The molecule has 4 nitrogen and oxygen atoms in total. The van der Waals surface area contributed by atoms with Gasteiger partial charge < -0.3 is 10.1 Å². The van der Waals surface area contributed by atoms with Crippen LogP contribution < -0.4 is 10.6 Å². The summed E-state index contributed by atoms with van der Waals surface area (Å²) in [5.41, 5.74) is 0.687. The van der Waals surface area contributed by atoms with E-state index in [1.165, 1.54) is 0 Å². The minimum Gasteiger partial charge on any atom is -0.380 e. The number of hydrogen-bond donors (Lipinski definition) is 2. The van der Waals surface area contributed by atoms with Crippen molar-refractivity contribution in [2.24, 2.45) is 0 Å². The molecule has 1 atom stereocenters. The van der Waals surface area contributed by atoms with Crippen molar-refractivity contribution in [3.63, 3.8) is 0 Å². The quantitative estimate of drug-likeness (QED) is 0.736. The average Bonchev–Trinajstić information content (AvgIpc) is 2.83. The Labute approximate surface area is 95.0 Å². The van der Waals surface area contributed by atoms with Crippen LogP contribution in [0.15, 0.2) is 30.3 Å². The maximum absolute atomic E-state index is 11.6. The molecule has 86 valence electrons. The number of ether oxygens (including phenoxy) is 1. The third-order valence-corrected chi connectivity index (χ3v) is 2.61. The number of carbonyl (C=O) groups excluding carboxylic acids is 1. The lowest BCUT2D eigenvalue weighted by molar-refractivity contribution is 0.0948. The van der Waals surface area contributed by atoms with Gasteiger partial charge >= 0.3 is 0 Å². The minimum absolute atomic E-state index is 0.0491. The van der Waals surface area contributed by atoms with Gasteiger partial charge in [-0.2, -0.15) is 0 Å². The van der Waals surface area contributed by atoms with E-state index in [0.717, 1.165) is 19.6 Å². The van der Waals surface area contributed by atoms with E-state index in [1.54, 1.807) is 12.1 Å². The molecule has 1 aromatic rings. The highest BCUT2D eigenvalue weighted by molar-refractivity contribution is 5.94. The molecule has 0 unspecified atom stereocenters. The van der Waals surface area contributed by atoms with E-state index in [9.17, 15) is 4.79 Å². The van der Waals surface area contributed by atoms with E-state index in [4.69, 9.17) is 4.74 Å². The van der Waals surface area contributed by atoms with Crippen LogP contribution in [0.2, 0.25) is 0 Å². The first-order chi connectivity index (χ1) is 7.86. The molecule has 0 spiro atoms. The van der Waals surface area contributed by atoms with E-state index in [-0.39, 0.29) is 5.91 Å². The molecule has 0 saturated carbocycles. The van der Waals surface area contributed by atoms with Crippen LogP contribution in [0.5, 0.6) is 0 Å². The molecule has 0 aliphatic carbocycles. The lowest BCUT2D eigenvalue weighted by Gasteiger charge is -2.11. The number of hydrogen-bond acceptors (Lipinski definition) is 3. The highest BCUT2D eigenvalue weighted by Gasteiger charge is 2.14. The standard InChI is InChI=1S/C12H16N2O2/c15-12(10-4-2-1-3-5-10)14-9-13-11-6-7-16-8-11/h1-5,11,13H,6-9H2,(H,14,15)/t11-/m0/s1. The number of benzene rings is 1. The lowest BCUT2D eigenvalue weighted by Crippen LogP contribution is -2.39. The van der Waals surface area contributed by atoms with Crippen LogP contribution in [0.4, 0.5) is 0 Å². The van der Waals surface area contributed by atoms with Crippen molar-refractivity contribution in [3.05, 3.63) is 35.9 Å². The zero-order valence-electron chi connectivity index (χ0n) is 9.11. The summed E-state index contributed by atoms with van der Waals surface area (Å²) in [5, 5.41) is 6.05. The highest BCUT2D eigenvalue weighted by Crippen LogP contribution is 2.02. The number of amides is 1. The summed E-state index contributed by atoms with van der Waals surface area (Å²) in [6.45, 7) is 2.03. The van der Waals surface area contributed by atoms with Crippen LogP contribution >= 0.6 is 0 Å². The zero-order chi connectivity index (χ0) is 11.2. The second-order valence-corrected chi connectivity index (χ2v) is 3.81. The Morgan fingerprint density at radius 1 is 1.38 bits per heavy atom. The third kappa shape index (κ3) is 3.05. The fourth-order valence-electron chi connectivity index (χ4n) is 1.66. The Hall–Kier alpha value is -1.39. The van der Waals surface area contributed by atoms with Crippen molar-refractivity contribution >= 4 is 5.91 Å². The first-order valence-corrected chi connectivity index (χ1v) is 5.50. The Morgan fingerprint density at radius 3 is 2.88 bits per heavy atom. The molecule has 1 aliphatic heterocycles. The fraction of sp³-hybridized carbons (Fsp3) is 0.417. The van der Waals surface area contributed by atoms with Crippen molar-refractivity contribution in [1.29, 1.82) is 0 Å². The summed E-state index contributed by atoms with van der Waals surface area (Å²) < 4.78 is 5.22. The topological polar surface area (TPSA) is 50.4 Å². The van der Waals surface area contributed by atoms with E-state index < -0.39 is 0 Å². The van der Waals surface area contributed by atoms with Crippen molar-refractivity contribution in [2.75, 3.05) is 19.9 Å². The molecular weight excluding hydrogens is 204 g/mol. The Kier molecular flexibility index (Phi) is 3.91. The summed E-state index contributed by atoms with van der Waals surface area (Å²) in [5.74, 6) is -0.0491. The molecule has 1 aliphatic rings. The third-order valence-electron chi connectivity index (χ3n) is 2.61. The molecule has 1 amide bonds. The summed E-state index contributed by atoms with van der Waals surface area (Å²) in [6.07, 6.45) is 1.02. The van der Waals surface area contributed by atoms with Crippen molar-refractivity contribution in [2.45, 2.75) is 12.5 Å². The van der Waals surface area contributed by atoms with Gasteiger partial charge in [-0.25, -0.2) is 0 Å². The smallest absolute Gasteiger partial charge is 0.252 e. The zero-order valence-corrected chi connectivity index (χ0v) is 9.11. The maximum atomic E-state index is 11.6. The summed E-state index contributed by atoms with van der Waals surface area (Å²) in [4.78, 5) is 11.6. The number of nitrogens with one attached hydrogen (secondary N) is 2. The van der Waals surface area contributed by atoms with Gasteiger partial charge in [0.15, 0.2) is 0 Å². The number of carbonyl (C=O) groups is 1. The predicted octanol–water partition coefficient (Wildman–Crippen LogP) is 0.752. The van der Waals surface area contributed by atoms with Crippen molar-refractivity contribution in [3.8, 4) is 0 Å². The van der Waals surface area contributed by atoms with E-state index in [1.807, 2.05) is 18.2 Å².